The quantitative estimate of drug-likeness (QED) is 0.503. The molecule has 5 nitrogen and oxygen atoms in total. The molecule has 4 N–H and O–H groups in total. The van der Waals surface area contributed by atoms with Gasteiger partial charge in [-0.1, -0.05) is 25.5 Å². The number of aliphatic hydroxyl groups is 1. The minimum Gasteiger partial charge on any atom is -0.393 e. The van der Waals surface area contributed by atoms with Crippen LogP contribution in [0.2, 0.25) is 0 Å². The van der Waals surface area contributed by atoms with E-state index in [1.807, 2.05) is 0 Å². The van der Waals surface area contributed by atoms with E-state index in [0.29, 0.717) is 11.8 Å². The van der Waals surface area contributed by atoms with Crippen molar-refractivity contribution in [1.82, 2.24) is 5.43 Å². The highest BCUT2D eigenvalue weighted by Crippen LogP contribution is 2.64. The smallest absolute Gasteiger partial charge is 0.332 e. The SMILES string of the molecule is C[C@]12CC[C@H](O)CC1=CC[C@H]1[C@H]2CC[C@]2(C)/C(=N\NC(N)=O)CC[C@H]12. The third kappa shape index (κ3) is 2.54. The van der Waals surface area contributed by atoms with E-state index in [-0.39, 0.29) is 16.9 Å². The first-order valence-corrected chi connectivity index (χ1v) is 9.84. The lowest BCUT2D eigenvalue weighted by Gasteiger charge is -2.57. The molecule has 0 aromatic heterocycles. The van der Waals surface area contributed by atoms with Gasteiger partial charge in [-0.15, -0.1) is 0 Å². The van der Waals surface area contributed by atoms with Crippen molar-refractivity contribution in [2.75, 3.05) is 0 Å². The summed E-state index contributed by atoms with van der Waals surface area (Å²) in [5.41, 5.74) is 10.7. The Morgan fingerprint density at radius 3 is 2.72 bits per heavy atom. The highest BCUT2D eigenvalue weighted by molar-refractivity contribution is 5.93. The molecule has 3 fully saturated rings. The first-order valence-electron chi connectivity index (χ1n) is 9.84. The lowest BCUT2D eigenvalue weighted by molar-refractivity contribution is -0.0209. The van der Waals surface area contributed by atoms with Gasteiger partial charge in [0.1, 0.15) is 0 Å². The molecule has 4 rings (SSSR count). The average molecular weight is 345 g/mol. The van der Waals surface area contributed by atoms with Gasteiger partial charge in [-0.3, -0.25) is 0 Å². The summed E-state index contributed by atoms with van der Waals surface area (Å²) in [5, 5.41) is 14.5. The van der Waals surface area contributed by atoms with E-state index in [2.05, 4.69) is 30.5 Å². The first kappa shape index (κ1) is 17.1. The zero-order chi connectivity index (χ0) is 17.8. The van der Waals surface area contributed by atoms with Crippen molar-refractivity contribution in [2.45, 2.75) is 71.3 Å². The minimum absolute atomic E-state index is 0.0967. The molecule has 6 atom stereocenters. The summed E-state index contributed by atoms with van der Waals surface area (Å²) in [4.78, 5) is 11.1. The van der Waals surface area contributed by atoms with Crippen LogP contribution in [0.5, 0.6) is 0 Å². The predicted molar refractivity (Wildman–Crippen MR) is 97.9 cm³/mol. The molecule has 2 amide bonds. The largest absolute Gasteiger partial charge is 0.393 e. The second kappa shape index (κ2) is 5.83. The molecule has 0 heterocycles. The fourth-order valence-electron chi connectivity index (χ4n) is 6.74. The van der Waals surface area contributed by atoms with Crippen molar-refractivity contribution in [3.63, 3.8) is 0 Å². The molecule has 0 spiro atoms. The normalized spacial score (nSPS) is 47.5. The number of hydrogen-bond acceptors (Lipinski definition) is 3. The predicted octanol–water partition coefficient (Wildman–Crippen LogP) is 3.33. The lowest BCUT2D eigenvalue weighted by Crippen LogP contribution is -2.50. The Morgan fingerprint density at radius 1 is 1.24 bits per heavy atom. The number of carbonyl (C=O) groups is 1. The number of nitrogens with zero attached hydrogens (tertiary/aromatic N) is 1. The molecule has 0 unspecified atom stereocenters. The van der Waals surface area contributed by atoms with E-state index >= 15 is 0 Å². The number of hydrazone groups is 1. The van der Waals surface area contributed by atoms with Gasteiger partial charge in [0.05, 0.1) is 6.10 Å². The number of nitrogens with one attached hydrogen (secondary N) is 1. The van der Waals surface area contributed by atoms with E-state index < -0.39 is 6.03 Å². The number of fused-ring (bicyclic) bond motifs is 5. The molecule has 0 radical (unpaired) electrons. The molecule has 138 valence electrons. The van der Waals surface area contributed by atoms with Gasteiger partial charge in [0.15, 0.2) is 0 Å². The fourth-order valence-corrected chi connectivity index (χ4v) is 6.74. The van der Waals surface area contributed by atoms with E-state index in [9.17, 15) is 9.90 Å². The van der Waals surface area contributed by atoms with Crippen molar-refractivity contribution in [3.8, 4) is 0 Å². The standard InChI is InChI=1S/C20H31N3O2/c1-19-9-7-13(24)11-12(19)3-4-14-15-5-6-17(22-23-18(21)25)20(15,2)10-8-16(14)19/h3,13-16,24H,4-11H2,1-2H3,(H3,21,23,25)/b22-17-/t13-,14+,15+,16+,19-,20-/m0/s1. The zero-order valence-electron chi connectivity index (χ0n) is 15.4. The van der Waals surface area contributed by atoms with Crippen LogP contribution in [0.15, 0.2) is 16.8 Å². The third-order valence-corrected chi connectivity index (χ3v) is 8.12. The Hall–Kier alpha value is -1.36. The average Bonchev–Trinajstić information content (AvgIpc) is 2.90. The van der Waals surface area contributed by atoms with E-state index in [0.717, 1.165) is 50.2 Å². The topological polar surface area (TPSA) is 87.7 Å². The monoisotopic (exact) mass is 345 g/mol. The molecule has 0 saturated heterocycles. The Bertz CT molecular complexity index is 643. The molecular formula is C20H31N3O2. The fraction of sp³-hybridized carbons (Fsp3) is 0.800. The molecule has 0 bridgehead atoms. The van der Waals surface area contributed by atoms with Gasteiger partial charge >= 0.3 is 6.03 Å². The number of carbonyl (C=O) groups excluding carboxylic acids is 1. The molecule has 4 aliphatic carbocycles. The van der Waals surface area contributed by atoms with Crippen LogP contribution in [-0.4, -0.2) is 23.0 Å². The summed E-state index contributed by atoms with van der Waals surface area (Å²) >= 11 is 0. The minimum atomic E-state index is -0.577. The summed E-state index contributed by atoms with van der Waals surface area (Å²) in [6.07, 6.45) is 10.9. The Morgan fingerprint density at radius 2 is 1.96 bits per heavy atom. The van der Waals surface area contributed by atoms with Crippen molar-refractivity contribution < 1.29 is 9.90 Å². The molecule has 0 aromatic carbocycles. The number of amides is 2. The molecule has 0 aromatic rings. The highest BCUT2D eigenvalue weighted by atomic mass is 16.3. The maximum absolute atomic E-state index is 11.1. The number of allylic oxidation sites excluding steroid dienone is 1. The molecule has 25 heavy (non-hydrogen) atoms. The van der Waals surface area contributed by atoms with Crippen molar-refractivity contribution in [2.24, 2.45) is 39.4 Å². The van der Waals surface area contributed by atoms with Crippen molar-refractivity contribution in [1.29, 1.82) is 0 Å². The second-order valence-corrected chi connectivity index (χ2v) is 9.19. The van der Waals surface area contributed by atoms with Gasteiger partial charge in [-0.25, -0.2) is 10.2 Å². The van der Waals surface area contributed by atoms with E-state index in [4.69, 9.17) is 5.73 Å². The van der Waals surface area contributed by atoms with Gasteiger partial charge in [0.2, 0.25) is 0 Å². The van der Waals surface area contributed by atoms with Crippen LogP contribution < -0.4 is 11.2 Å². The van der Waals surface area contributed by atoms with Crippen molar-refractivity contribution in [3.05, 3.63) is 11.6 Å². The van der Waals surface area contributed by atoms with Crippen LogP contribution >= 0.6 is 0 Å². The third-order valence-electron chi connectivity index (χ3n) is 8.12. The molecular weight excluding hydrogens is 314 g/mol. The Kier molecular flexibility index (Phi) is 3.98. The van der Waals surface area contributed by atoms with Crippen LogP contribution in [0, 0.1) is 28.6 Å². The van der Waals surface area contributed by atoms with Crippen LogP contribution in [0.3, 0.4) is 0 Å². The highest BCUT2D eigenvalue weighted by Gasteiger charge is 2.57. The van der Waals surface area contributed by atoms with Gasteiger partial charge in [0, 0.05) is 11.1 Å². The van der Waals surface area contributed by atoms with Crippen LogP contribution in [-0.2, 0) is 0 Å². The summed E-state index contributed by atoms with van der Waals surface area (Å²) in [5.74, 6) is 2.06. The van der Waals surface area contributed by atoms with Gasteiger partial charge < -0.3 is 10.8 Å². The van der Waals surface area contributed by atoms with Gasteiger partial charge in [0.25, 0.3) is 0 Å². The second-order valence-electron chi connectivity index (χ2n) is 9.19. The number of aliphatic hydroxyl groups excluding tert-OH is 1. The van der Waals surface area contributed by atoms with Crippen LogP contribution in [0.4, 0.5) is 4.79 Å². The maximum Gasteiger partial charge on any atom is 0.332 e. The molecule has 5 heteroatoms. The molecule has 4 aliphatic rings. The number of nitrogens with two attached hydrogens (primary N) is 1. The van der Waals surface area contributed by atoms with Gasteiger partial charge in [-0.05, 0) is 74.5 Å². The number of urea groups is 1. The van der Waals surface area contributed by atoms with Crippen LogP contribution in [0.25, 0.3) is 0 Å². The summed E-state index contributed by atoms with van der Waals surface area (Å²) in [6, 6.07) is -0.577. The summed E-state index contributed by atoms with van der Waals surface area (Å²) in [6.45, 7) is 4.79. The Labute approximate surface area is 150 Å². The lowest BCUT2D eigenvalue weighted by atomic mass is 9.48. The van der Waals surface area contributed by atoms with E-state index in [1.165, 1.54) is 18.4 Å². The number of rotatable bonds is 1. The zero-order valence-corrected chi connectivity index (χ0v) is 15.4. The van der Waals surface area contributed by atoms with Crippen molar-refractivity contribution >= 4 is 11.7 Å². The number of hydrogen-bond donors (Lipinski definition) is 3. The summed E-state index contributed by atoms with van der Waals surface area (Å²) in [7, 11) is 0. The Balaban J connectivity index is 1.62. The molecule has 0 aliphatic heterocycles. The molecule has 3 saturated carbocycles. The maximum atomic E-state index is 11.1. The van der Waals surface area contributed by atoms with Crippen LogP contribution in [0.1, 0.15) is 65.2 Å². The first-order chi connectivity index (χ1) is 11.8. The van der Waals surface area contributed by atoms with Gasteiger partial charge in [-0.2, -0.15) is 5.10 Å². The number of primary amides is 1. The summed E-state index contributed by atoms with van der Waals surface area (Å²) < 4.78 is 0. The van der Waals surface area contributed by atoms with E-state index in [1.54, 1.807) is 0 Å².